The number of carbonyl (C=O) groups excluding carboxylic acids is 7. The third kappa shape index (κ3) is 6.49. The van der Waals surface area contributed by atoms with E-state index in [1.807, 2.05) is 0 Å². The van der Waals surface area contributed by atoms with Crippen molar-refractivity contribution in [3.63, 3.8) is 0 Å². The Balaban J connectivity index is 1.17. The Hall–Kier alpha value is -5.04. The van der Waals surface area contributed by atoms with Gasteiger partial charge in [-0.2, -0.15) is 0 Å². The summed E-state index contributed by atoms with van der Waals surface area (Å²) in [6.07, 6.45) is 5.14. The van der Waals surface area contributed by atoms with Gasteiger partial charge in [-0.1, -0.05) is 49.8 Å². The smallest absolute Gasteiger partial charge is 0.306 e. The fourth-order valence-electron chi connectivity index (χ4n) is 10.1. The fourth-order valence-corrected chi connectivity index (χ4v) is 10.1. The van der Waals surface area contributed by atoms with Gasteiger partial charge in [0, 0.05) is 41.2 Å². The van der Waals surface area contributed by atoms with Crippen LogP contribution in [0.3, 0.4) is 0 Å². The number of hydrogen-bond acceptors (Lipinski definition) is 12. The van der Waals surface area contributed by atoms with Gasteiger partial charge in [0.2, 0.25) is 5.78 Å². The normalized spacial score (nSPS) is 33.9. The Labute approximate surface area is 318 Å². The molecule has 0 amide bonds. The molecule has 0 radical (unpaired) electrons. The number of rotatable bonds is 10. The van der Waals surface area contributed by atoms with Crippen LogP contribution in [0.15, 0.2) is 71.5 Å². The number of carbonyl (C=O) groups is 7. The predicted octanol–water partition coefficient (Wildman–Crippen LogP) is 4.12. The summed E-state index contributed by atoms with van der Waals surface area (Å²) in [5.41, 5.74) is 0.287. The third-order valence-corrected chi connectivity index (χ3v) is 12.9. The van der Waals surface area contributed by atoms with E-state index in [0.717, 1.165) is 6.92 Å². The number of benzene rings is 1. The summed E-state index contributed by atoms with van der Waals surface area (Å²) in [6.45, 7) is 5.22. The molecule has 13 heteroatoms. The monoisotopic (exact) mass is 759 g/mol. The van der Waals surface area contributed by atoms with Crippen molar-refractivity contribution < 1.29 is 57.3 Å². The molecule has 0 saturated heterocycles. The van der Waals surface area contributed by atoms with Crippen LogP contribution >= 0.6 is 0 Å². The molecule has 292 valence electrons. The largest absolute Gasteiger partial charge is 0.461 e. The number of nitrogens with two attached hydrogens (primary N) is 1. The molecule has 0 spiro atoms. The molecule has 3 N–H and O–H groups in total. The lowest BCUT2D eigenvalue weighted by Crippen LogP contribution is -2.70. The van der Waals surface area contributed by atoms with Crippen molar-refractivity contribution in [2.45, 2.75) is 90.0 Å². The lowest BCUT2D eigenvalue weighted by atomic mass is 9.44. The number of halogens is 1. The maximum absolute atomic E-state index is 18.4. The van der Waals surface area contributed by atoms with Gasteiger partial charge in [-0.15, -0.1) is 0 Å². The molecule has 8 atom stereocenters. The molecule has 12 nitrogen and oxygen atoms in total. The van der Waals surface area contributed by atoms with E-state index in [-0.39, 0.29) is 49.3 Å². The highest BCUT2D eigenvalue weighted by molar-refractivity contribution is 6.18. The zero-order valence-electron chi connectivity index (χ0n) is 31.4. The van der Waals surface area contributed by atoms with Crippen molar-refractivity contribution in [3.05, 3.63) is 82.6 Å². The SMILES string of the molecule is CC(=O)OCC(=O)[C@@]1(O)[C@H](C)C[C@H]2C3CCC4=CC(=O)C=CC4(C)[C@@]3(F)C(OC(=O)CCC(=O)OC/C=C/C3=C(N)C(=O)Cc4ccccc4C3=O)CC21C. The van der Waals surface area contributed by atoms with Gasteiger partial charge < -0.3 is 25.1 Å². The van der Waals surface area contributed by atoms with Gasteiger partial charge in [0.15, 0.2) is 29.6 Å². The molecule has 5 aliphatic rings. The van der Waals surface area contributed by atoms with Crippen LogP contribution in [0.1, 0.15) is 82.1 Å². The topological polar surface area (TPSA) is 193 Å². The third-order valence-electron chi connectivity index (χ3n) is 12.9. The van der Waals surface area contributed by atoms with Crippen LogP contribution in [0.25, 0.3) is 0 Å². The number of Topliss-reactive ketones (excluding diaryl/α,β-unsaturated/α-hetero) is 3. The maximum Gasteiger partial charge on any atom is 0.306 e. The number of fused-ring (bicyclic) bond motifs is 6. The van der Waals surface area contributed by atoms with Crippen molar-refractivity contribution in [1.82, 2.24) is 0 Å². The quantitative estimate of drug-likeness (QED) is 0.257. The number of esters is 3. The van der Waals surface area contributed by atoms with E-state index in [2.05, 4.69) is 0 Å². The second kappa shape index (κ2) is 14.6. The second-order valence-electron chi connectivity index (χ2n) is 15.8. The molecule has 0 aromatic heterocycles. The summed E-state index contributed by atoms with van der Waals surface area (Å²) in [6, 6.07) is 6.68. The molecule has 0 bridgehead atoms. The van der Waals surface area contributed by atoms with Gasteiger partial charge in [0.05, 0.1) is 18.5 Å². The lowest BCUT2D eigenvalue weighted by molar-refractivity contribution is -0.230. The van der Waals surface area contributed by atoms with Crippen LogP contribution in [-0.2, 0) is 49.4 Å². The Bertz CT molecular complexity index is 2000. The van der Waals surface area contributed by atoms with Gasteiger partial charge >= 0.3 is 17.9 Å². The van der Waals surface area contributed by atoms with Crippen molar-refractivity contribution in [2.75, 3.05) is 13.2 Å². The van der Waals surface area contributed by atoms with E-state index in [1.54, 1.807) is 45.0 Å². The van der Waals surface area contributed by atoms with Gasteiger partial charge in [0.25, 0.3) is 0 Å². The fraction of sp³-hybridized carbons (Fsp3) is 0.500. The van der Waals surface area contributed by atoms with Gasteiger partial charge in [-0.3, -0.25) is 33.6 Å². The van der Waals surface area contributed by atoms with Gasteiger partial charge in [0.1, 0.15) is 18.3 Å². The van der Waals surface area contributed by atoms with E-state index in [4.69, 9.17) is 19.9 Å². The minimum atomic E-state index is -2.25. The summed E-state index contributed by atoms with van der Waals surface area (Å²) in [5.74, 6) is -6.24. The zero-order valence-corrected chi connectivity index (χ0v) is 31.4. The van der Waals surface area contributed by atoms with E-state index in [0.29, 0.717) is 23.1 Å². The van der Waals surface area contributed by atoms with Crippen LogP contribution in [0.4, 0.5) is 4.39 Å². The lowest BCUT2D eigenvalue weighted by Gasteiger charge is -2.63. The van der Waals surface area contributed by atoms with Crippen LogP contribution in [0.2, 0.25) is 0 Å². The molecular weight excluding hydrogens is 713 g/mol. The first-order valence-corrected chi connectivity index (χ1v) is 18.6. The highest BCUT2D eigenvalue weighted by atomic mass is 19.1. The molecule has 1 aromatic rings. The van der Waals surface area contributed by atoms with E-state index in [1.165, 1.54) is 30.4 Å². The number of alkyl halides is 1. The molecule has 1 aromatic carbocycles. The highest BCUT2D eigenvalue weighted by Crippen LogP contribution is 2.71. The predicted molar refractivity (Wildman–Crippen MR) is 193 cm³/mol. The summed E-state index contributed by atoms with van der Waals surface area (Å²) in [4.78, 5) is 89.5. The highest BCUT2D eigenvalue weighted by Gasteiger charge is 2.76. The first-order chi connectivity index (χ1) is 25.9. The van der Waals surface area contributed by atoms with Gasteiger partial charge in [-0.05, 0) is 74.3 Å². The molecule has 55 heavy (non-hydrogen) atoms. The Morgan fingerprint density at radius 2 is 1.75 bits per heavy atom. The second-order valence-corrected chi connectivity index (χ2v) is 15.8. The minimum Gasteiger partial charge on any atom is -0.461 e. The Morgan fingerprint density at radius 3 is 2.47 bits per heavy atom. The summed E-state index contributed by atoms with van der Waals surface area (Å²) < 4.78 is 34.5. The summed E-state index contributed by atoms with van der Waals surface area (Å²) >= 11 is 0. The average Bonchev–Trinajstić information content (AvgIpc) is 3.29. The van der Waals surface area contributed by atoms with Crippen LogP contribution in [0, 0.1) is 28.6 Å². The molecule has 0 heterocycles. The number of ketones is 4. The molecule has 6 rings (SSSR count). The summed E-state index contributed by atoms with van der Waals surface area (Å²) in [5, 5.41) is 12.2. The maximum atomic E-state index is 18.4. The molecule has 4 unspecified atom stereocenters. The molecule has 0 aliphatic heterocycles. The van der Waals surface area contributed by atoms with E-state index >= 15 is 4.39 Å². The van der Waals surface area contributed by atoms with Crippen LogP contribution in [-0.4, -0.2) is 76.7 Å². The van der Waals surface area contributed by atoms with Crippen LogP contribution < -0.4 is 5.73 Å². The standard InChI is InChI=1S/C42H46FNO11/c1-23-18-31-30-12-11-26-20-27(46)15-16-39(26,3)41(30,43)34(21-40(31,4)42(23,52)33(48)22-54-24(2)45)55-36(50)14-13-35(49)53-17-7-10-29-37(44)32(47)19-25-8-5-6-9-28(25)38(29)51/h5-10,15-16,20,23,30-31,34,52H,11-14,17-19,21-22,44H2,1-4H3/b10-7+/t23-,30?,31+,34?,39?,40?,41+,42+/m1/s1. The first kappa shape index (κ1) is 39.6. The van der Waals surface area contributed by atoms with Crippen molar-refractivity contribution in [2.24, 2.45) is 34.3 Å². The summed E-state index contributed by atoms with van der Waals surface area (Å²) in [7, 11) is 0. The molecular formula is C42H46FNO11. The molecule has 3 saturated carbocycles. The van der Waals surface area contributed by atoms with Crippen molar-refractivity contribution >= 4 is 41.0 Å². The van der Waals surface area contributed by atoms with Crippen molar-refractivity contribution in [1.29, 1.82) is 0 Å². The number of allylic oxidation sites excluding steroid dienone is 7. The first-order valence-electron chi connectivity index (χ1n) is 18.6. The van der Waals surface area contributed by atoms with E-state index in [9.17, 15) is 38.7 Å². The van der Waals surface area contributed by atoms with Crippen LogP contribution in [0.5, 0.6) is 0 Å². The number of hydrogen-bond donors (Lipinski definition) is 2. The average molecular weight is 760 g/mol. The van der Waals surface area contributed by atoms with Crippen molar-refractivity contribution in [3.8, 4) is 0 Å². The van der Waals surface area contributed by atoms with Gasteiger partial charge in [-0.25, -0.2) is 4.39 Å². The zero-order chi connectivity index (χ0) is 40.1. The number of ether oxygens (including phenoxy) is 3. The van der Waals surface area contributed by atoms with E-state index < -0.39 is 101 Å². The molecule has 5 aliphatic carbocycles. The number of aliphatic hydroxyl groups is 1. The Morgan fingerprint density at radius 1 is 1.04 bits per heavy atom. The minimum absolute atomic E-state index is 0.0251. The Kier molecular flexibility index (Phi) is 10.5. The molecule has 3 fully saturated rings.